The summed E-state index contributed by atoms with van der Waals surface area (Å²) in [7, 11) is 1.49. The van der Waals surface area contributed by atoms with Crippen LogP contribution in [-0.2, 0) is 30.4 Å². The molecule has 0 aliphatic heterocycles. The molecule has 0 heterocycles. The maximum absolute atomic E-state index is 11.5. The molecule has 200 valence electrons. The average Bonchev–Trinajstić information content (AvgIpc) is 2.75. The standard InChI is InChI=1S/C22H31N3O11/c1-36-17-4-2-15(3-5-17)8-16(25(13-21(32)33)14-22(34)35)9-23(10-18(26)27)6-7-24(11-19(28)29)12-20(30)31/h2-5,16H,6-14H2,1H3,(H,26,27)(H,28,29)(H,30,31)(H,32,33)(H,34,35). The van der Waals surface area contributed by atoms with E-state index in [9.17, 15) is 39.3 Å². The van der Waals surface area contributed by atoms with Crippen molar-refractivity contribution in [2.75, 3.05) is 59.5 Å². The van der Waals surface area contributed by atoms with Gasteiger partial charge >= 0.3 is 29.8 Å². The van der Waals surface area contributed by atoms with E-state index >= 15 is 0 Å². The van der Waals surface area contributed by atoms with Crippen molar-refractivity contribution in [1.29, 1.82) is 0 Å². The highest BCUT2D eigenvalue weighted by Gasteiger charge is 2.27. The third-order valence-corrected chi connectivity index (χ3v) is 5.10. The van der Waals surface area contributed by atoms with Crippen LogP contribution in [0.3, 0.4) is 0 Å². The smallest absolute Gasteiger partial charge is 0.317 e. The Balaban J connectivity index is 3.20. The molecule has 36 heavy (non-hydrogen) atoms. The van der Waals surface area contributed by atoms with Gasteiger partial charge < -0.3 is 30.3 Å². The Morgan fingerprint density at radius 3 is 1.53 bits per heavy atom. The van der Waals surface area contributed by atoms with Gasteiger partial charge in [-0.25, -0.2) is 0 Å². The molecule has 0 amide bonds. The van der Waals surface area contributed by atoms with Crippen molar-refractivity contribution < 1.29 is 54.2 Å². The molecule has 5 N–H and O–H groups in total. The highest BCUT2D eigenvalue weighted by Crippen LogP contribution is 2.16. The van der Waals surface area contributed by atoms with E-state index in [-0.39, 0.29) is 26.1 Å². The van der Waals surface area contributed by atoms with E-state index in [2.05, 4.69) is 0 Å². The van der Waals surface area contributed by atoms with Gasteiger partial charge in [-0.15, -0.1) is 0 Å². The molecule has 1 aromatic rings. The zero-order valence-corrected chi connectivity index (χ0v) is 19.8. The first-order valence-electron chi connectivity index (χ1n) is 10.8. The van der Waals surface area contributed by atoms with Crippen LogP contribution in [0.25, 0.3) is 0 Å². The van der Waals surface area contributed by atoms with Gasteiger partial charge in [-0.1, -0.05) is 12.1 Å². The van der Waals surface area contributed by atoms with Crippen molar-refractivity contribution in [2.24, 2.45) is 0 Å². The Morgan fingerprint density at radius 2 is 1.11 bits per heavy atom. The highest BCUT2D eigenvalue weighted by molar-refractivity contribution is 5.73. The van der Waals surface area contributed by atoms with Gasteiger partial charge in [0.2, 0.25) is 0 Å². The normalized spacial score (nSPS) is 12.0. The molecular formula is C22H31N3O11. The Kier molecular flexibility index (Phi) is 12.9. The number of rotatable bonds is 19. The first kappa shape index (κ1) is 30.3. The molecule has 0 fully saturated rings. The molecule has 1 aromatic carbocycles. The molecule has 1 atom stereocenters. The summed E-state index contributed by atoms with van der Waals surface area (Å²) in [5.41, 5.74) is 0.718. The predicted molar refractivity (Wildman–Crippen MR) is 123 cm³/mol. The molecule has 0 aromatic heterocycles. The fraction of sp³-hybridized carbons (Fsp3) is 0.500. The number of carbonyl (C=O) groups is 5. The van der Waals surface area contributed by atoms with E-state index in [1.165, 1.54) is 16.9 Å². The van der Waals surface area contributed by atoms with Crippen LogP contribution in [0.1, 0.15) is 5.56 Å². The minimum absolute atomic E-state index is 0.0556. The van der Waals surface area contributed by atoms with Crippen LogP contribution in [0, 0.1) is 0 Å². The lowest BCUT2D eigenvalue weighted by molar-refractivity contribution is -0.144. The summed E-state index contributed by atoms with van der Waals surface area (Å²) in [4.78, 5) is 60.2. The molecule has 14 nitrogen and oxygen atoms in total. The SMILES string of the molecule is COc1ccc(CC(CN(CCN(CC(=O)O)CC(=O)O)CC(=O)O)N(CC(=O)O)CC(=O)O)cc1. The van der Waals surface area contributed by atoms with Crippen LogP contribution in [0.15, 0.2) is 24.3 Å². The first-order chi connectivity index (χ1) is 16.9. The van der Waals surface area contributed by atoms with Gasteiger partial charge in [0.15, 0.2) is 0 Å². The number of carboxylic acids is 5. The number of nitrogens with zero attached hydrogens (tertiary/aromatic N) is 3. The number of ether oxygens (including phenoxy) is 1. The molecule has 0 bridgehead atoms. The highest BCUT2D eigenvalue weighted by atomic mass is 16.5. The van der Waals surface area contributed by atoms with Crippen LogP contribution in [0.5, 0.6) is 5.75 Å². The minimum atomic E-state index is -1.27. The Hall–Kier alpha value is -3.75. The molecule has 14 heteroatoms. The lowest BCUT2D eigenvalue weighted by atomic mass is 10.0. The number of carboxylic acid groups (broad SMARTS) is 5. The monoisotopic (exact) mass is 513 g/mol. The van der Waals surface area contributed by atoms with E-state index in [1.807, 2.05) is 0 Å². The Morgan fingerprint density at radius 1 is 0.694 bits per heavy atom. The third-order valence-electron chi connectivity index (χ3n) is 5.10. The van der Waals surface area contributed by atoms with Gasteiger partial charge in [0.25, 0.3) is 0 Å². The van der Waals surface area contributed by atoms with Crippen molar-refractivity contribution in [3.8, 4) is 5.75 Å². The van der Waals surface area contributed by atoms with Gasteiger partial charge in [0.05, 0.1) is 39.8 Å². The fourth-order valence-electron chi connectivity index (χ4n) is 3.61. The quantitative estimate of drug-likeness (QED) is 0.149. The Labute approximate surface area is 206 Å². The maximum atomic E-state index is 11.5. The van der Waals surface area contributed by atoms with Crippen molar-refractivity contribution in [3.05, 3.63) is 29.8 Å². The number of hydrogen-bond donors (Lipinski definition) is 5. The summed E-state index contributed by atoms with van der Waals surface area (Å²) < 4.78 is 5.12. The van der Waals surface area contributed by atoms with E-state index in [0.29, 0.717) is 5.75 Å². The summed E-state index contributed by atoms with van der Waals surface area (Å²) in [6, 6.07) is 6.03. The fourth-order valence-corrected chi connectivity index (χ4v) is 3.61. The zero-order chi connectivity index (χ0) is 27.3. The van der Waals surface area contributed by atoms with Gasteiger partial charge in [0.1, 0.15) is 5.75 Å². The third kappa shape index (κ3) is 12.6. The van der Waals surface area contributed by atoms with Crippen molar-refractivity contribution in [3.63, 3.8) is 0 Å². The second kappa shape index (κ2) is 15.3. The van der Waals surface area contributed by atoms with Crippen LogP contribution in [0.2, 0.25) is 0 Å². The molecule has 1 rings (SSSR count). The van der Waals surface area contributed by atoms with Gasteiger partial charge in [-0.2, -0.15) is 0 Å². The number of methoxy groups -OCH3 is 1. The van der Waals surface area contributed by atoms with Crippen LogP contribution in [-0.4, -0.2) is 136 Å². The van der Waals surface area contributed by atoms with Gasteiger partial charge in [-0.3, -0.25) is 38.7 Å². The van der Waals surface area contributed by atoms with Gasteiger partial charge in [-0.05, 0) is 24.1 Å². The minimum Gasteiger partial charge on any atom is -0.497 e. The van der Waals surface area contributed by atoms with Crippen molar-refractivity contribution >= 4 is 29.8 Å². The van der Waals surface area contributed by atoms with Crippen LogP contribution >= 0.6 is 0 Å². The van der Waals surface area contributed by atoms with Crippen molar-refractivity contribution in [1.82, 2.24) is 14.7 Å². The summed E-state index contributed by atoms with van der Waals surface area (Å²) in [6.45, 7) is -3.12. The topological polar surface area (TPSA) is 205 Å². The summed E-state index contributed by atoms with van der Waals surface area (Å²) >= 11 is 0. The largest absolute Gasteiger partial charge is 0.497 e. The Bertz CT molecular complexity index is 875. The molecular weight excluding hydrogens is 482 g/mol. The molecule has 0 saturated carbocycles. The number of aliphatic carboxylic acids is 5. The second-order valence-electron chi connectivity index (χ2n) is 8.03. The maximum Gasteiger partial charge on any atom is 0.317 e. The first-order valence-corrected chi connectivity index (χ1v) is 10.8. The summed E-state index contributed by atoms with van der Waals surface area (Å²) in [5.74, 6) is -5.69. The van der Waals surface area contributed by atoms with E-state index < -0.39 is 68.6 Å². The molecule has 0 aliphatic carbocycles. The summed E-state index contributed by atoms with van der Waals surface area (Å²) in [6.07, 6.45) is 0.175. The van der Waals surface area contributed by atoms with E-state index in [4.69, 9.17) is 14.9 Å². The molecule has 0 radical (unpaired) electrons. The van der Waals surface area contributed by atoms with Crippen LogP contribution < -0.4 is 4.74 Å². The predicted octanol–water partition coefficient (Wildman–Crippen LogP) is -1.06. The zero-order valence-electron chi connectivity index (χ0n) is 19.8. The van der Waals surface area contributed by atoms with E-state index in [0.717, 1.165) is 10.5 Å². The molecule has 0 saturated heterocycles. The molecule has 0 spiro atoms. The average molecular weight is 514 g/mol. The molecule has 0 aliphatic rings. The number of benzene rings is 1. The van der Waals surface area contributed by atoms with Crippen molar-refractivity contribution in [2.45, 2.75) is 12.5 Å². The van der Waals surface area contributed by atoms with E-state index in [1.54, 1.807) is 24.3 Å². The number of hydrogen-bond acceptors (Lipinski definition) is 9. The van der Waals surface area contributed by atoms with Crippen LogP contribution in [0.4, 0.5) is 0 Å². The molecule has 1 unspecified atom stereocenters. The second-order valence-corrected chi connectivity index (χ2v) is 8.03. The summed E-state index contributed by atoms with van der Waals surface area (Å²) in [5, 5.41) is 46.1. The van der Waals surface area contributed by atoms with Gasteiger partial charge in [0, 0.05) is 25.7 Å². The lowest BCUT2D eigenvalue weighted by Crippen LogP contribution is -2.51. The lowest BCUT2D eigenvalue weighted by Gasteiger charge is -2.34.